The lowest BCUT2D eigenvalue weighted by molar-refractivity contribution is 0.00961. The van der Waals surface area contributed by atoms with Crippen molar-refractivity contribution in [3.63, 3.8) is 0 Å². The number of amides is 1. The number of piperazine rings is 1. The molecular formula is C12H22N2O2S. The Morgan fingerprint density at radius 3 is 2.65 bits per heavy atom. The summed E-state index contributed by atoms with van der Waals surface area (Å²) in [6.07, 6.45) is 0.931. The molecule has 0 aliphatic carbocycles. The Morgan fingerprint density at radius 1 is 1.29 bits per heavy atom. The van der Waals surface area contributed by atoms with Crippen molar-refractivity contribution in [1.29, 1.82) is 0 Å². The van der Waals surface area contributed by atoms with Gasteiger partial charge in [-0.25, -0.2) is 4.79 Å². The van der Waals surface area contributed by atoms with Crippen molar-refractivity contribution >= 4 is 18.7 Å². The van der Waals surface area contributed by atoms with Gasteiger partial charge in [0, 0.05) is 30.9 Å². The van der Waals surface area contributed by atoms with Gasteiger partial charge < -0.3 is 9.64 Å². The molecule has 0 N–H and O–H groups in total. The first-order valence-corrected chi connectivity index (χ1v) is 6.78. The molecule has 2 aliphatic heterocycles. The molecule has 2 unspecified atom stereocenters. The number of hydrogen-bond acceptors (Lipinski definition) is 4. The highest BCUT2D eigenvalue weighted by Gasteiger charge is 2.38. The van der Waals surface area contributed by atoms with Crippen LogP contribution in [0, 0.1) is 0 Å². The minimum Gasteiger partial charge on any atom is -0.444 e. The van der Waals surface area contributed by atoms with E-state index in [0.717, 1.165) is 32.6 Å². The van der Waals surface area contributed by atoms with E-state index < -0.39 is 5.60 Å². The van der Waals surface area contributed by atoms with Crippen LogP contribution in [0.15, 0.2) is 0 Å². The number of ether oxygens (including phenoxy) is 1. The van der Waals surface area contributed by atoms with Crippen molar-refractivity contribution in [3.8, 4) is 0 Å². The Labute approximate surface area is 109 Å². The zero-order valence-electron chi connectivity index (χ0n) is 10.8. The van der Waals surface area contributed by atoms with Crippen LogP contribution in [-0.2, 0) is 4.74 Å². The minimum absolute atomic E-state index is 0.190. The van der Waals surface area contributed by atoms with Gasteiger partial charge >= 0.3 is 6.09 Å². The van der Waals surface area contributed by atoms with Gasteiger partial charge in [0.25, 0.3) is 0 Å². The number of hydrogen-bond donors (Lipinski definition) is 1. The van der Waals surface area contributed by atoms with Gasteiger partial charge in [-0.05, 0) is 33.7 Å². The monoisotopic (exact) mass is 258 g/mol. The summed E-state index contributed by atoms with van der Waals surface area (Å²) in [5.74, 6) is 0. The van der Waals surface area contributed by atoms with Crippen LogP contribution in [0.25, 0.3) is 0 Å². The molecule has 2 saturated heterocycles. The summed E-state index contributed by atoms with van der Waals surface area (Å²) in [5, 5.41) is 0.389. The molecule has 2 rings (SSSR count). The second-order valence-corrected chi connectivity index (χ2v) is 6.55. The van der Waals surface area contributed by atoms with Gasteiger partial charge in [-0.3, -0.25) is 4.90 Å². The number of carbonyl (C=O) groups is 1. The average Bonchev–Trinajstić information content (AvgIpc) is 2.57. The lowest BCUT2D eigenvalue weighted by atomic mass is 10.1. The molecule has 0 aromatic heterocycles. The van der Waals surface area contributed by atoms with Crippen molar-refractivity contribution in [3.05, 3.63) is 0 Å². The first-order chi connectivity index (χ1) is 7.87. The second-order valence-electron chi connectivity index (χ2n) is 5.89. The van der Waals surface area contributed by atoms with Gasteiger partial charge in [0.15, 0.2) is 0 Å². The van der Waals surface area contributed by atoms with E-state index >= 15 is 0 Å². The van der Waals surface area contributed by atoms with Gasteiger partial charge in [-0.2, -0.15) is 12.6 Å². The second kappa shape index (κ2) is 4.69. The number of rotatable bonds is 0. The molecule has 2 heterocycles. The van der Waals surface area contributed by atoms with Crippen LogP contribution in [0.1, 0.15) is 27.2 Å². The lowest BCUT2D eigenvalue weighted by Gasteiger charge is -2.39. The fourth-order valence-corrected chi connectivity index (χ4v) is 2.87. The highest BCUT2D eigenvalue weighted by Crippen LogP contribution is 2.26. The maximum atomic E-state index is 12.0. The SMILES string of the molecule is CC(C)(C)OC(=O)N1CCN2CCC(S)C2C1. The first kappa shape index (κ1) is 13.0. The van der Waals surface area contributed by atoms with Crippen molar-refractivity contribution in [2.75, 3.05) is 26.2 Å². The quantitative estimate of drug-likeness (QED) is 0.670. The zero-order chi connectivity index (χ0) is 12.6. The molecule has 4 nitrogen and oxygen atoms in total. The molecular weight excluding hydrogens is 236 g/mol. The first-order valence-electron chi connectivity index (χ1n) is 6.27. The van der Waals surface area contributed by atoms with Gasteiger partial charge in [0.1, 0.15) is 5.60 Å². The van der Waals surface area contributed by atoms with Crippen LogP contribution in [0.2, 0.25) is 0 Å². The molecule has 0 aromatic rings. The van der Waals surface area contributed by atoms with Crippen LogP contribution in [-0.4, -0.2) is 59.0 Å². The molecule has 0 radical (unpaired) electrons. The van der Waals surface area contributed by atoms with Crippen molar-refractivity contribution in [2.24, 2.45) is 0 Å². The molecule has 17 heavy (non-hydrogen) atoms. The van der Waals surface area contributed by atoms with Gasteiger partial charge in [-0.1, -0.05) is 0 Å². The Balaban J connectivity index is 1.93. The Morgan fingerprint density at radius 2 is 2.00 bits per heavy atom. The zero-order valence-corrected chi connectivity index (χ0v) is 11.7. The molecule has 2 fully saturated rings. The number of nitrogens with zero attached hydrogens (tertiary/aromatic N) is 2. The predicted molar refractivity (Wildman–Crippen MR) is 70.6 cm³/mol. The highest BCUT2D eigenvalue weighted by atomic mass is 32.1. The molecule has 2 aliphatic rings. The molecule has 5 heteroatoms. The molecule has 1 amide bonds. The fourth-order valence-electron chi connectivity index (χ4n) is 2.47. The Kier molecular flexibility index (Phi) is 3.59. The fraction of sp³-hybridized carbons (Fsp3) is 0.917. The molecule has 98 valence electrons. The van der Waals surface area contributed by atoms with E-state index in [9.17, 15) is 4.79 Å². The van der Waals surface area contributed by atoms with E-state index in [1.54, 1.807) is 0 Å². The largest absolute Gasteiger partial charge is 0.444 e. The van der Waals surface area contributed by atoms with Gasteiger partial charge in [0.05, 0.1) is 0 Å². The summed E-state index contributed by atoms with van der Waals surface area (Å²) in [4.78, 5) is 16.2. The Bertz CT molecular complexity index is 303. The summed E-state index contributed by atoms with van der Waals surface area (Å²) in [6.45, 7) is 9.28. The molecule has 0 saturated carbocycles. The third-order valence-electron chi connectivity index (χ3n) is 3.34. The smallest absolute Gasteiger partial charge is 0.410 e. The third-order valence-corrected chi connectivity index (χ3v) is 3.94. The van der Waals surface area contributed by atoms with Crippen LogP contribution < -0.4 is 0 Å². The van der Waals surface area contributed by atoms with Crippen molar-refractivity contribution in [1.82, 2.24) is 9.80 Å². The third kappa shape index (κ3) is 3.07. The van der Waals surface area contributed by atoms with Gasteiger partial charge in [-0.15, -0.1) is 0 Å². The van der Waals surface area contributed by atoms with E-state index in [1.165, 1.54) is 0 Å². The van der Waals surface area contributed by atoms with Crippen LogP contribution >= 0.6 is 12.6 Å². The maximum Gasteiger partial charge on any atom is 0.410 e. The molecule has 0 bridgehead atoms. The number of fused-ring (bicyclic) bond motifs is 1. The molecule has 0 aromatic carbocycles. The Hall–Kier alpha value is -0.420. The van der Waals surface area contributed by atoms with E-state index in [0.29, 0.717) is 11.3 Å². The van der Waals surface area contributed by atoms with Gasteiger partial charge in [0.2, 0.25) is 0 Å². The van der Waals surface area contributed by atoms with E-state index in [-0.39, 0.29) is 6.09 Å². The molecule has 2 atom stereocenters. The van der Waals surface area contributed by atoms with E-state index in [4.69, 9.17) is 4.74 Å². The predicted octanol–water partition coefficient (Wildman–Crippen LogP) is 1.61. The summed E-state index contributed by atoms with van der Waals surface area (Å²) >= 11 is 4.59. The number of carbonyl (C=O) groups excluding carboxylic acids is 1. The minimum atomic E-state index is -0.412. The topological polar surface area (TPSA) is 32.8 Å². The highest BCUT2D eigenvalue weighted by molar-refractivity contribution is 7.81. The summed E-state index contributed by atoms with van der Waals surface area (Å²) < 4.78 is 5.40. The average molecular weight is 258 g/mol. The summed E-state index contributed by atoms with van der Waals surface area (Å²) in [5.41, 5.74) is -0.412. The van der Waals surface area contributed by atoms with E-state index in [1.807, 2.05) is 25.7 Å². The summed E-state index contributed by atoms with van der Waals surface area (Å²) in [7, 11) is 0. The normalized spacial score (nSPS) is 30.2. The van der Waals surface area contributed by atoms with Crippen LogP contribution in [0.5, 0.6) is 0 Å². The number of thiol groups is 1. The summed E-state index contributed by atoms with van der Waals surface area (Å²) in [6, 6.07) is 0.402. The van der Waals surface area contributed by atoms with E-state index in [2.05, 4.69) is 17.5 Å². The van der Waals surface area contributed by atoms with Crippen molar-refractivity contribution in [2.45, 2.75) is 44.1 Å². The standard InChI is InChI=1S/C12H22N2O2S/c1-12(2,3)16-11(15)14-7-6-13-5-4-10(17)9(13)8-14/h9-10,17H,4-8H2,1-3H3. The molecule has 0 spiro atoms. The lowest BCUT2D eigenvalue weighted by Crippen LogP contribution is -2.54. The van der Waals surface area contributed by atoms with Crippen LogP contribution in [0.4, 0.5) is 4.79 Å². The maximum absolute atomic E-state index is 12.0. The van der Waals surface area contributed by atoms with Crippen molar-refractivity contribution < 1.29 is 9.53 Å². The van der Waals surface area contributed by atoms with Crippen LogP contribution in [0.3, 0.4) is 0 Å².